The number of rotatable bonds is 2. The standard InChI is InChI=1S/C9H14O2/c1-10-8-4-3-5-9(11-2)7-6-8/h3-4,6,9H,5,7H2,1-2H3. The summed E-state index contributed by atoms with van der Waals surface area (Å²) in [6.45, 7) is 0. The molecule has 0 radical (unpaired) electrons. The number of ether oxygens (including phenoxy) is 2. The van der Waals surface area contributed by atoms with Crippen LogP contribution in [0.15, 0.2) is 24.0 Å². The summed E-state index contributed by atoms with van der Waals surface area (Å²) in [5.74, 6) is 0.935. The Morgan fingerprint density at radius 3 is 2.82 bits per heavy atom. The highest BCUT2D eigenvalue weighted by Gasteiger charge is 2.06. The largest absolute Gasteiger partial charge is 0.497 e. The molecule has 0 aromatic rings. The average molecular weight is 154 g/mol. The smallest absolute Gasteiger partial charge is 0.114 e. The van der Waals surface area contributed by atoms with Crippen LogP contribution in [0.4, 0.5) is 0 Å². The van der Waals surface area contributed by atoms with Gasteiger partial charge in [-0.1, -0.05) is 6.08 Å². The summed E-state index contributed by atoms with van der Waals surface area (Å²) in [4.78, 5) is 0. The minimum atomic E-state index is 0.318. The van der Waals surface area contributed by atoms with Crippen LogP contribution in [0.5, 0.6) is 0 Å². The fourth-order valence-electron chi connectivity index (χ4n) is 1.09. The average Bonchev–Trinajstić information content (AvgIpc) is 2.28. The van der Waals surface area contributed by atoms with Gasteiger partial charge in [-0.15, -0.1) is 0 Å². The zero-order valence-electron chi connectivity index (χ0n) is 7.04. The summed E-state index contributed by atoms with van der Waals surface area (Å²) < 4.78 is 10.3. The Morgan fingerprint density at radius 1 is 1.36 bits per heavy atom. The van der Waals surface area contributed by atoms with Crippen LogP contribution in [0.2, 0.25) is 0 Å². The third kappa shape index (κ3) is 2.39. The van der Waals surface area contributed by atoms with E-state index in [-0.39, 0.29) is 0 Å². The quantitative estimate of drug-likeness (QED) is 0.604. The Morgan fingerprint density at radius 2 is 2.18 bits per heavy atom. The van der Waals surface area contributed by atoms with E-state index in [1.54, 1.807) is 14.2 Å². The van der Waals surface area contributed by atoms with Crippen LogP contribution < -0.4 is 0 Å². The summed E-state index contributed by atoms with van der Waals surface area (Å²) in [5.41, 5.74) is 0. The van der Waals surface area contributed by atoms with E-state index < -0.39 is 0 Å². The molecule has 2 heteroatoms. The predicted octanol–water partition coefficient (Wildman–Crippen LogP) is 1.88. The molecule has 1 atom stereocenters. The first-order valence-corrected chi connectivity index (χ1v) is 3.80. The van der Waals surface area contributed by atoms with Crippen LogP contribution in [-0.4, -0.2) is 20.3 Å². The van der Waals surface area contributed by atoms with E-state index in [0.29, 0.717) is 6.10 Å². The Kier molecular flexibility index (Phi) is 3.17. The molecule has 2 nitrogen and oxygen atoms in total. The summed E-state index contributed by atoms with van der Waals surface area (Å²) >= 11 is 0. The van der Waals surface area contributed by atoms with Crippen molar-refractivity contribution in [1.29, 1.82) is 0 Å². The molecule has 1 aliphatic carbocycles. The van der Waals surface area contributed by atoms with Gasteiger partial charge in [0.1, 0.15) is 5.76 Å². The Hall–Kier alpha value is -0.760. The summed E-state index contributed by atoms with van der Waals surface area (Å²) in [5, 5.41) is 0. The first-order chi connectivity index (χ1) is 5.36. The summed E-state index contributed by atoms with van der Waals surface area (Å²) in [6, 6.07) is 0. The Bertz CT molecular complexity index is 170. The highest BCUT2D eigenvalue weighted by Crippen LogP contribution is 2.13. The van der Waals surface area contributed by atoms with E-state index in [9.17, 15) is 0 Å². The van der Waals surface area contributed by atoms with Crippen molar-refractivity contribution in [3.8, 4) is 0 Å². The van der Waals surface area contributed by atoms with Gasteiger partial charge in [0.25, 0.3) is 0 Å². The van der Waals surface area contributed by atoms with Crippen molar-refractivity contribution >= 4 is 0 Å². The molecule has 1 aliphatic rings. The Balaban J connectivity index is 2.53. The van der Waals surface area contributed by atoms with Crippen LogP contribution in [0.25, 0.3) is 0 Å². The molecule has 0 spiro atoms. The predicted molar refractivity (Wildman–Crippen MR) is 44.3 cm³/mol. The fraction of sp³-hybridized carbons (Fsp3) is 0.556. The molecular weight excluding hydrogens is 140 g/mol. The highest BCUT2D eigenvalue weighted by atomic mass is 16.5. The van der Waals surface area contributed by atoms with Crippen molar-refractivity contribution in [2.75, 3.05) is 14.2 Å². The monoisotopic (exact) mass is 154 g/mol. The highest BCUT2D eigenvalue weighted by molar-refractivity contribution is 5.14. The molecule has 1 rings (SSSR count). The normalized spacial score (nSPS) is 24.2. The zero-order valence-corrected chi connectivity index (χ0v) is 7.04. The van der Waals surface area contributed by atoms with Crippen molar-refractivity contribution in [2.45, 2.75) is 18.9 Å². The SMILES string of the molecule is COC1=CCC(OC)CC=C1. The second kappa shape index (κ2) is 4.19. The van der Waals surface area contributed by atoms with Crippen LogP contribution in [0, 0.1) is 0 Å². The van der Waals surface area contributed by atoms with E-state index in [1.807, 2.05) is 6.08 Å². The molecular formula is C9H14O2. The van der Waals surface area contributed by atoms with Gasteiger partial charge in [-0.3, -0.25) is 0 Å². The molecule has 0 saturated carbocycles. The minimum absolute atomic E-state index is 0.318. The molecule has 0 aliphatic heterocycles. The molecule has 0 fully saturated rings. The van der Waals surface area contributed by atoms with Crippen molar-refractivity contribution in [3.05, 3.63) is 24.0 Å². The minimum Gasteiger partial charge on any atom is -0.497 e. The van der Waals surface area contributed by atoms with E-state index in [0.717, 1.165) is 18.6 Å². The molecule has 0 N–H and O–H groups in total. The third-order valence-electron chi connectivity index (χ3n) is 1.83. The van der Waals surface area contributed by atoms with Gasteiger partial charge in [0.2, 0.25) is 0 Å². The van der Waals surface area contributed by atoms with Gasteiger partial charge in [0.15, 0.2) is 0 Å². The van der Waals surface area contributed by atoms with Gasteiger partial charge in [-0.2, -0.15) is 0 Å². The third-order valence-corrected chi connectivity index (χ3v) is 1.83. The van der Waals surface area contributed by atoms with Crippen LogP contribution in [-0.2, 0) is 9.47 Å². The lowest BCUT2D eigenvalue weighted by molar-refractivity contribution is 0.108. The Labute approximate surface area is 67.5 Å². The molecule has 1 unspecified atom stereocenters. The van der Waals surface area contributed by atoms with Gasteiger partial charge >= 0.3 is 0 Å². The zero-order chi connectivity index (χ0) is 8.10. The van der Waals surface area contributed by atoms with E-state index in [2.05, 4.69) is 12.2 Å². The van der Waals surface area contributed by atoms with Crippen LogP contribution in [0.1, 0.15) is 12.8 Å². The van der Waals surface area contributed by atoms with Gasteiger partial charge in [0.05, 0.1) is 13.2 Å². The van der Waals surface area contributed by atoms with Crippen molar-refractivity contribution < 1.29 is 9.47 Å². The van der Waals surface area contributed by atoms with Gasteiger partial charge in [-0.25, -0.2) is 0 Å². The maximum Gasteiger partial charge on any atom is 0.114 e. The molecule has 0 amide bonds. The molecule has 62 valence electrons. The molecule has 0 bridgehead atoms. The lowest BCUT2D eigenvalue weighted by Crippen LogP contribution is -2.06. The second-order valence-corrected chi connectivity index (χ2v) is 2.54. The summed E-state index contributed by atoms with van der Waals surface area (Å²) in [6.07, 6.45) is 8.35. The van der Waals surface area contributed by atoms with Crippen molar-refractivity contribution in [3.63, 3.8) is 0 Å². The molecule has 0 heterocycles. The van der Waals surface area contributed by atoms with Gasteiger partial charge in [-0.05, 0) is 25.0 Å². The lowest BCUT2D eigenvalue weighted by atomic mass is 10.2. The molecule has 0 aromatic heterocycles. The number of hydrogen-bond acceptors (Lipinski definition) is 2. The topological polar surface area (TPSA) is 18.5 Å². The molecule has 11 heavy (non-hydrogen) atoms. The number of allylic oxidation sites excluding steroid dienone is 1. The maximum atomic E-state index is 5.21. The fourth-order valence-corrected chi connectivity index (χ4v) is 1.09. The number of hydrogen-bond donors (Lipinski definition) is 0. The molecule has 0 saturated heterocycles. The van der Waals surface area contributed by atoms with Crippen molar-refractivity contribution in [1.82, 2.24) is 0 Å². The summed E-state index contributed by atoms with van der Waals surface area (Å²) in [7, 11) is 3.42. The lowest BCUT2D eigenvalue weighted by Gasteiger charge is -2.07. The first-order valence-electron chi connectivity index (χ1n) is 3.80. The second-order valence-electron chi connectivity index (χ2n) is 2.54. The van der Waals surface area contributed by atoms with Gasteiger partial charge < -0.3 is 9.47 Å². The first kappa shape index (κ1) is 8.34. The van der Waals surface area contributed by atoms with E-state index in [1.165, 1.54) is 0 Å². The van der Waals surface area contributed by atoms with Crippen LogP contribution >= 0.6 is 0 Å². The van der Waals surface area contributed by atoms with Gasteiger partial charge in [0, 0.05) is 7.11 Å². The number of methoxy groups -OCH3 is 2. The maximum absolute atomic E-state index is 5.21. The van der Waals surface area contributed by atoms with E-state index >= 15 is 0 Å². The van der Waals surface area contributed by atoms with E-state index in [4.69, 9.17) is 9.47 Å². The van der Waals surface area contributed by atoms with Crippen molar-refractivity contribution in [2.24, 2.45) is 0 Å². The molecule has 0 aromatic carbocycles. The van der Waals surface area contributed by atoms with Crippen LogP contribution in [0.3, 0.4) is 0 Å².